The van der Waals surface area contributed by atoms with Crippen molar-refractivity contribution in [1.82, 2.24) is 21.1 Å². The van der Waals surface area contributed by atoms with Crippen LogP contribution in [0.5, 0.6) is 0 Å². The van der Waals surface area contributed by atoms with Crippen LogP contribution in [0.2, 0.25) is 0 Å². The van der Waals surface area contributed by atoms with Gasteiger partial charge in [-0.15, -0.1) is 0 Å². The molecule has 4 atom stereocenters. The number of aldehydes is 2. The second kappa shape index (κ2) is 26.9. The minimum Gasteiger partial charge on any atom is -0.465 e. The summed E-state index contributed by atoms with van der Waals surface area (Å²) in [7, 11) is 0. The summed E-state index contributed by atoms with van der Waals surface area (Å²) in [5.41, 5.74) is 2.86. The number of unbranched alkanes of at least 4 members (excludes halogenated alkanes) is 13. The second-order valence-corrected chi connectivity index (χ2v) is 15.7. The van der Waals surface area contributed by atoms with Crippen LogP contribution in [-0.2, 0) is 22.4 Å². The van der Waals surface area contributed by atoms with Crippen molar-refractivity contribution in [2.75, 3.05) is 6.54 Å². The van der Waals surface area contributed by atoms with Crippen molar-refractivity contribution in [2.45, 2.75) is 155 Å². The normalized spacial score (nSPS) is 14.4. The molecule has 0 aromatic heterocycles. The van der Waals surface area contributed by atoms with E-state index in [0.29, 0.717) is 25.0 Å². The minimum atomic E-state index is -1.47. The van der Waals surface area contributed by atoms with Gasteiger partial charge in [-0.25, -0.2) is 9.59 Å². The summed E-state index contributed by atoms with van der Waals surface area (Å²) in [6.07, 6.45) is 16.8. The van der Waals surface area contributed by atoms with Gasteiger partial charge in [0.1, 0.15) is 18.2 Å². The van der Waals surface area contributed by atoms with E-state index in [1.165, 1.54) is 62.8 Å². The highest BCUT2D eigenvalue weighted by Crippen LogP contribution is 2.35. The van der Waals surface area contributed by atoms with E-state index in [9.17, 15) is 29.4 Å². The maximum Gasteiger partial charge on any atom is 0.419 e. The third-order valence-corrected chi connectivity index (χ3v) is 10.6. The minimum absolute atomic E-state index is 0.0327. The van der Waals surface area contributed by atoms with Crippen LogP contribution in [0.15, 0.2) is 60.7 Å². The zero-order chi connectivity index (χ0) is 39.6. The van der Waals surface area contributed by atoms with E-state index < -0.39 is 23.9 Å². The Hall–Kier alpha value is -3.76. The van der Waals surface area contributed by atoms with Gasteiger partial charge in [0.25, 0.3) is 0 Å². The van der Waals surface area contributed by atoms with Crippen molar-refractivity contribution in [3.05, 3.63) is 71.8 Å². The Morgan fingerprint density at radius 2 is 1.13 bits per heavy atom. The maximum absolute atomic E-state index is 12.7. The highest BCUT2D eigenvalue weighted by Gasteiger charge is 2.49. The van der Waals surface area contributed by atoms with Crippen LogP contribution in [0, 0.1) is 17.8 Å². The van der Waals surface area contributed by atoms with Crippen molar-refractivity contribution in [1.29, 1.82) is 0 Å². The van der Waals surface area contributed by atoms with Crippen LogP contribution in [0.3, 0.4) is 0 Å². The lowest BCUT2D eigenvalue weighted by atomic mass is 9.77. The molecule has 0 fully saturated rings. The molecule has 302 valence electrons. The van der Waals surface area contributed by atoms with Crippen LogP contribution >= 0.6 is 0 Å². The molecular weight excluding hydrogens is 681 g/mol. The smallest absolute Gasteiger partial charge is 0.419 e. The lowest BCUT2D eigenvalue weighted by Gasteiger charge is -2.51. The van der Waals surface area contributed by atoms with E-state index in [1.807, 2.05) is 74.5 Å². The number of hydrogen-bond donors (Lipinski definition) is 5. The molecule has 5 N–H and O–H groups in total. The summed E-state index contributed by atoms with van der Waals surface area (Å²) in [6.45, 7) is 8.71. The molecule has 10 heteroatoms. The van der Waals surface area contributed by atoms with E-state index >= 15 is 0 Å². The SMILES string of the molecule is CC(C)C(C=O)NCCCCCCCCCCCCCCCC[C@@H](Cc1ccccc1)C(Cc1ccccc1)(NC(=O)O)N(NC(=O)O)[C@H](C=O)C(C)C. The molecule has 0 aliphatic carbocycles. The number of hydrogen-bond acceptors (Lipinski definition) is 6. The van der Waals surface area contributed by atoms with E-state index in [0.717, 1.165) is 56.1 Å². The monoisotopic (exact) mass is 751 g/mol. The van der Waals surface area contributed by atoms with E-state index in [4.69, 9.17) is 0 Å². The summed E-state index contributed by atoms with van der Waals surface area (Å²) in [5, 5.41) is 27.9. The van der Waals surface area contributed by atoms with E-state index in [-0.39, 0.29) is 24.3 Å². The summed E-state index contributed by atoms with van der Waals surface area (Å²) in [5.74, 6) is -0.340. The van der Waals surface area contributed by atoms with Gasteiger partial charge in [0, 0.05) is 12.3 Å². The Morgan fingerprint density at radius 1 is 0.648 bits per heavy atom. The Morgan fingerprint density at radius 3 is 1.56 bits per heavy atom. The molecular formula is C44H70N4O6. The van der Waals surface area contributed by atoms with Crippen LogP contribution in [0.1, 0.15) is 135 Å². The highest BCUT2D eigenvalue weighted by molar-refractivity contribution is 5.68. The standard InChI is InChI=1S/C44H70N4O6/c1-35(2)40(33-49)45-30-24-16-14-12-10-8-6-5-7-9-11-13-15-23-29-39(31-37-25-19-17-20-26-37)44(46-42(51)52,32-38-27-21-18-22-28-38)48(47-43(53)54)41(34-50)36(3)4/h17-22,25-28,33-36,39-41,45-47H,5-16,23-24,29-32H2,1-4H3,(H,51,52)(H,53,54)/t39-,40?,41+,44?/m0/s1. The number of nitrogens with zero attached hydrogens (tertiary/aromatic N) is 1. The molecule has 10 nitrogen and oxygen atoms in total. The van der Waals surface area contributed by atoms with Gasteiger partial charge < -0.3 is 30.4 Å². The third-order valence-electron chi connectivity index (χ3n) is 10.6. The van der Waals surface area contributed by atoms with Crippen LogP contribution in [0.4, 0.5) is 9.59 Å². The molecule has 2 rings (SSSR count). The van der Waals surface area contributed by atoms with Gasteiger partial charge >= 0.3 is 12.2 Å². The van der Waals surface area contributed by atoms with Gasteiger partial charge in [0.2, 0.25) is 0 Å². The summed E-state index contributed by atoms with van der Waals surface area (Å²) >= 11 is 0. The zero-order valence-electron chi connectivity index (χ0n) is 33.5. The fourth-order valence-electron chi connectivity index (χ4n) is 7.54. The first-order chi connectivity index (χ1) is 26.0. The molecule has 0 heterocycles. The van der Waals surface area contributed by atoms with Gasteiger partial charge in [-0.3, -0.25) is 5.43 Å². The molecule has 0 aliphatic heterocycles. The Balaban J connectivity index is 2.00. The quantitative estimate of drug-likeness (QED) is 0.0222. The summed E-state index contributed by atoms with van der Waals surface area (Å²) in [6, 6.07) is 18.4. The predicted octanol–water partition coefficient (Wildman–Crippen LogP) is 9.42. The molecule has 0 aliphatic rings. The summed E-state index contributed by atoms with van der Waals surface area (Å²) in [4.78, 5) is 48.7. The highest BCUT2D eigenvalue weighted by atomic mass is 16.4. The molecule has 0 saturated carbocycles. The van der Waals surface area contributed by atoms with Gasteiger partial charge in [-0.1, -0.05) is 172 Å². The first-order valence-corrected chi connectivity index (χ1v) is 20.6. The van der Waals surface area contributed by atoms with Crippen molar-refractivity contribution in [3.63, 3.8) is 0 Å². The van der Waals surface area contributed by atoms with Crippen LogP contribution in [-0.4, -0.2) is 64.3 Å². The largest absolute Gasteiger partial charge is 0.465 e. The number of carbonyl (C=O) groups excluding carboxylic acids is 2. The van der Waals surface area contributed by atoms with E-state index in [2.05, 4.69) is 29.9 Å². The Bertz CT molecular complexity index is 1310. The fourth-order valence-corrected chi connectivity index (χ4v) is 7.54. The number of nitrogens with one attached hydrogen (secondary N) is 3. The molecule has 0 bridgehead atoms. The lowest BCUT2D eigenvalue weighted by Crippen LogP contribution is -2.73. The molecule has 2 aromatic carbocycles. The number of benzene rings is 2. The predicted molar refractivity (Wildman–Crippen MR) is 217 cm³/mol. The number of amides is 2. The zero-order valence-corrected chi connectivity index (χ0v) is 33.5. The topological polar surface area (TPSA) is 148 Å². The van der Waals surface area contributed by atoms with Crippen molar-refractivity contribution >= 4 is 24.8 Å². The number of carboxylic acid groups (broad SMARTS) is 2. The average Bonchev–Trinajstić information content (AvgIpc) is 3.13. The van der Waals surface area contributed by atoms with Gasteiger partial charge in [-0.2, -0.15) is 5.01 Å². The van der Waals surface area contributed by atoms with Crippen molar-refractivity contribution in [2.24, 2.45) is 17.8 Å². The van der Waals surface area contributed by atoms with Crippen LogP contribution < -0.4 is 16.1 Å². The molecule has 54 heavy (non-hydrogen) atoms. The first-order valence-electron chi connectivity index (χ1n) is 20.6. The Labute approximate surface area is 325 Å². The number of hydrazine groups is 1. The van der Waals surface area contributed by atoms with Crippen molar-refractivity contribution in [3.8, 4) is 0 Å². The second-order valence-electron chi connectivity index (χ2n) is 15.7. The number of rotatable bonds is 31. The molecule has 0 radical (unpaired) electrons. The molecule has 0 spiro atoms. The van der Waals surface area contributed by atoms with Crippen LogP contribution in [0.25, 0.3) is 0 Å². The maximum atomic E-state index is 12.7. The summed E-state index contributed by atoms with van der Waals surface area (Å²) < 4.78 is 0. The van der Waals surface area contributed by atoms with Crippen molar-refractivity contribution < 1.29 is 29.4 Å². The average molecular weight is 751 g/mol. The molecule has 2 amide bonds. The Kier molecular flexibility index (Phi) is 23.1. The van der Waals surface area contributed by atoms with E-state index in [1.54, 1.807) is 0 Å². The number of carbonyl (C=O) groups is 4. The molecule has 2 unspecified atom stereocenters. The first kappa shape index (κ1) is 46.4. The third kappa shape index (κ3) is 17.6. The molecule has 0 saturated heterocycles. The lowest BCUT2D eigenvalue weighted by molar-refractivity contribution is -0.125. The van der Waals surface area contributed by atoms with Gasteiger partial charge in [-0.05, 0) is 48.8 Å². The molecule has 2 aromatic rings. The fraction of sp³-hybridized carbons (Fsp3) is 0.636. The van der Waals surface area contributed by atoms with Gasteiger partial charge in [0.15, 0.2) is 0 Å². The van der Waals surface area contributed by atoms with Gasteiger partial charge in [0.05, 0.1) is 12.1 Å².